The largest absolute Gasteiger partial charge is 0.497 e. The lowest BCUT2D eigenvalue weighted by atomic mass is 10.1. The van der Waals surface area contributed by atoms with Gasteiger partial charge in [0.05, 0.1) is 19.3 Å². The predicted molar refractivity (Wildman–Crippen MR) is 131 cm³/mol. The van der Waals surface area contributed by atoms with Crippen molar-refractivity contribution in [1.29, 1.82) is 0 Å². The summed E-state index contributed by atoms with van der Waals surface area (Å²) in [6, 6.07) is 14.8. The molecule has 0 saturated heterocycles. The highest BCUT2D eigenvalue weighted by Crippen LogP contribution is 2.26. The number of amides is 2. The Balaban J connectivity index is 1.89. The number of carbonyl (C=O) groups is 2. The highest BCUT2D eigenvalue weighted by atomic mass is 35.5. The van der Waals surface area contributed by atoms with Gasteiger partial charge in [0.15, 0.2) is 0 Å². The Labute approximate surface area is 199 Å². The summed E-state index contributed by atoms with van der Waals surface area (Å²) in [7, 11) is 1.61. The van der Waals surface area contributed by atoms with Gasteiger partial charge in [0.1, 0.15) is 5.75 Å². The molecule has 8 heteroatoms. The zero-order chi connectivity index (χ0) is 24.0. The van der Waals surface area contributed by atoms with Crippen molar-refractivity contribution in [3.8, 4) is 22.7 Å². The van der Waals surface area contributed by atoms with Gasteiger partial charge in [-0.3, -0.25) is 19.5 Å². The van der Waals surface area contributed by atoms with Crippen LogP contribution in [0, 0.1) is 5.92 Å². The normalized spacial score (nSPS) is 10.8. The van der Waals surface area contributed by atoms with Crippen LogP contribution in [0.4, 0.5) is 5.95 Å². The second-order valence-corrected chi connectivity index (χ2v) is 8.52. The van der Waals surface area contributed by atoms with Gasteiger partial charge in [-0.2, -0.15) is 0 Å². The number of methoxy groups -OCH3 is 1. The Kier molecular flexibility index (Phi) is 8.11. The van der Waals surface area contributed by atoms with Gasteiger partial charge >= 0.3 is 0 Å². The Morgan fingerprint density at radius 2 is 1.79 bits per heavy atom. The van der Waals surface area contributed by atoms with Gasteiger partial charge in [0, 0.05) is 35.4 Å². The number of benzene rings is 2. The number of imidazole rings is 1. The smallest absolute Gasteiger partial charge is 0.246 e. The number of rotatable bonds is 9. The molecule has 33 heavy (non-hydrogen) atoms. The average molecular weight is 469 g/mol. The van der Waals surface area contributed by atoms with Crippen molar-refractivity contribution in [3.05, 3.63) is 59.8 Å². The molecule has 0 unspecified atom stereocenters. The fourth-order valence-electron chi connectivity index (χ4n) is 3.36. The topological polar surface area (TPSA) is 76.5 Å². The van der Waals surface area contributed by atoms with E-state index in [1.165, 1.54) is 0 Å². The third-order valence-electron chi connectivity index (χ3n) is 5.10. The Bertz CT molecular complexity index is 1090. The standard InChI is InChI=1S/C25H29ClN4O3/c1-5-29(24(32)14-17(2)3)16-23(31)28-25-27-22(18-6-8-19(26)9-7-18)15-30(25)20-10-12-21(33-4)13-11-20/h6-13,15,17H,5,14,16H2,1-4H3,(H,27,28,31). The molecule has 0 aliphatic heterocycles. The zero-order valence-corrected chi connectivity index (χ0v) is 20.1. The van der Waals surface area contributed by atoms with E-state index in [0.717, 1.165) is 17.0 Å². The minimum atomic E-state index is -0.308. The summed E-state index contributed by atoms with van der Waals surface area (Å²) >= 11 is 6.02. The van der Waals surface area contributed by atoms with Crippen molar-refractivity contribution in [1.82, 2.24) is 14.5 Å². The average Bonchev–Trinajstić information content (AvgIpc) is 3.21. The number of likely N-dealkylation sites (N-methyl/N-ethyl adjacent to an activating group) is 1. The molecule has 0 saturated carbocycles. The van der Waals surface area contributed by atoms with Gasteiger partial charge in [0.25, 0.3) is 0 Å². The fraction of sp³-hybridized carbons (Fsp3) is 0.320. The van der Waals surface area contributed by atoms with E-state index in [2.05, 4.69) is 10.3 Å². The molecule has 0 spiro atoms. The number of anilines is 1. The first-order valence-corrected chi connectivity index (χ1v) is 11.3. The van der Waals surface area contributed by atoms with Crippen LogP contribution in [-0.4, -0.2) is 46.5 Å². The number of aromatic nitrogens is 2. The number of nitrogens with zero attached hydrogens (tertiary/aromatic N) is 3. The molecule has 7 nitrogen and oxygen atoms in total. The molecule has 1 N–H and O–H groups in total. The Morgan fingerprint density at radius 3 is 2.36 bits per heavy atom. The van der Waals surface area contributed by atoms with Crippen molar-refractivity contribution < 1.29 is 14.3 Å². The SMILES string of the molecule is CCN(CC(=O)Nc1nc(-c2ccc(Cl)cc2)cn1-c1ccc(OC)cc1)C(=O)CC(C)C. The molecule has 0 aliphatic rings. The van der Waals surface area contributed by atoms with Crippen molar-refractivity contribution >= 4 is 29.4 Å². The van der Waals surface area contributed by atoms with Crippen LogP contribution in [0.15, 0.2) is 54.7 Å². The van der Waals surface area contributed by atoms with Crippen LogP contribution in [-0.2, 0) is 9.59 Å². The summed E-state index contributed by atoms with van der Waals surface area (Å²) in [5.41, 5.74) is 2.35. The van der Waals surface area contributed by atoms with Gasteiger partial charge in [-0.05, 0) is 49.2 Å². The van der Waals surface area contributed by atoms with E-state index in [1.807, 2.05) is 63.4 Å². The number of halogens is 1. The molecule has 0 aliphatic carbocycles. The molecule has 3 aromatic rings. The van der Waals surface area contributed by atoms with Crippen molar-refractivity contribution in [2.45, 2.75) is 27.2 Å². The first-order valence-electron chi connectivity index (χ1n) is 10.9. The summed E-state index contributed by atoms with van der Waals surface area (Å²) < 4.78 is 7.05. The first-order chi connectivity index (χ1) is 15.8. The molecule has 2 aromatic carbocycles. The van der Waals surface area contributed by atoms with Gasteiger partial charge in [0.2, 0.25) is 17.8 Å². The molecule has 0 atom stereocenters. The van der Waals surface area contributed by atoms with Gasteiger partial charge in [-0.25, -0.2) is 4.98 Å². The van der Waals surface area contributed by atoms with Crippen molar-refractivity contribution in [2.24, 2.45) is 5.92 Å². The third kappa shape index (κ3) is 6.35. The quantitative estimate of drug-likeness (QED) is 0.477. The minimum absolute atomic E-state index is 0.0339. The number of nitrogens with one attached hydrogen (secondary N) is 1. The van der Waals surface area contributed by atoms with Crippen LogP contribution in [0.25, 0.3) is 16.9 Å². The van der Waals surface area contributed by atoms with E-state index < -0.39 is 0 Å². The van der Waals surface area contributed by atoms with Crippen LogP contribution in [0.5, 0.6) is 5.75 Å². The number of hydrogen-bond acceptors (Lipinski definition) is 4. The number of ether oxygens (including phenoxy) is 1. The van der Waals surface area contributed by atoms with E-state index in [4.69, 9.17) is 16.3 Å². The monoisotopic (exact) mass is 468 g/mol. The van der Waals surface area contributed by atoms with E-state index in [9.17, 15) is 9.59 Å². The van der Waals surface area contributed by atoms with Crippen LogP contribution in [0.3, 0.4) is 0 Å². The van der Waals surface area contributed by atoms with Crippen LogP contribution < -0.4 is 10.1 Å². The molecule has 0 fully saturated rings. The molecule has 1 heterocycles. The molecular weight excluding hydrogens is 440 g/mol. The summed E-state index contributed by atoms with van der Waals surface area (Å²) in [4.78, 5) is 31.5. The van der Waals surface area contributed by atoms with Crippen LogP contribution in [0.2, 0.25) is 5.02 Å². The van der Waals surface area contributed by atoms with E-state index >= 15 is 0 Å². The lowest BCUT2D eigenvalue weighted by molar-refractivity contribution is -0.135. The maximum atomic E-state index is 12.9. The van der Waals surface area contributed by atoms with Crippen molar-refractivity contribution in [3.63, 3.8) is 0 Å². The fourth-order valence-corrected chi connectivity index (χ4v) is 3.49. The van der Waals surface area contributed by atoms with E-state index in [-0.39, 0.29) is 24.3 Å². The lowest BCUT2D eigenvalue weighted by Gasteiger charge is -2.21. The van der Waals surface area contributed by atoms with E-state index in [0.29, 0.717) is 29.6 Å². The number of hydrogen-bond donors (Lipinski definition) is 1. The second-order valence-electron chi connectivity index (χ2n) is 8.08. The molecule has 3 rings (SSSR count). The minimum Gasteiger partial charge on any atom is -0.497 e. The lowest BCUT2D eigenvalue weighted by Crippen LogP contribution is -2.38. The van der Waals surface area contributed by atoms with Crippen LogP contribution in [0.1, 0.15) is 27.2 Å². The summed E-state index contributed by atoms with van der Waals surface area (Å²) in [5, 5.41) is 3.51. The van der Waals surface area contributed by atoms with Gasteiger partial charge < -0.3 is 9.64 Å². The molecule has 174 valence electrons. The highest BCUT2D eigenvalue weighted by Gasteiger charge is 2.19. The third-order valence-corrected chi connectivity index (χ3v) is 5.35. The van der Waals surface area contributed by atoms with E-state index in [1.54, 1.807) is 28.7 Å². The molecule has 0 radical (unpaired) electrons. The maximum absolute atomic E-state index is 12.9. The second kappa shape index (κ2) is 11.0. The summed E-state index contributed by atoms with van der Waals surface area (Å²) in [6.07, 6.45) is 2.25. The molecule has 0 bridgehead atoms. The first kappa shape index (κ1) is 24.3. The Morgan fingerprint density at radius 1 is 1.12 bits per heavy atom. The van der Waals surface area contributed by atoms with Crippen LogP contribution >= 0.6 is 11.6 Å². The summed E-state index contributed by atoms with van der Waals surface area (Å²) in [6.45, 7) is 6.25. The molecule has 2 amide bonds. The Hall–Kier alpha value is -3.32. The van der Waals surface area contributed by atoms with Gasteiger partial charge in [-0.1, -0.05) is 37.6 Å². The summed E-state index contributed by atoms with van der Waals surface area (Å²) in [5.74, 6) is 0.970. The van der Waals surface area contributed by atoms with Crippen molar-refractivity contribution in [2.75, 3.05) is 25.5 Å². The molecular formula is C25H29ClN4O3. The maximum Gasteiger partial charge on any atom is 0.246 e. The highest BCUT2D eigenvalue weighted by molar-refractivity contribution is 6.30. The molecule has 1 aromatic heterocycles. The predicted octanol–water partition coefficient (Wildman–Crippen LogP) is 5.03. The zero-order valence-electron chi connectivity index (χ0n) is 19.3. The van der Waals surface area contributed by atoms with Gasteiger partial charge in [-0.15, -0.1) is 0 Å². The number of carbonyl (C=O) groups excluding carboxylic acids is 2.